The summed E-state index contributed by atoms with van der Waals surface area (Å²) in [6, 6.07) is 9.60. The Bertz CT molecular complexity index is 1080. The van der Waals surface area contributed by atoms with Crippen LogP contribution in [0, 0.1) is 13.8 Å². The van der Waals surface area contributed by atoms with E-state index in [-0.39, 0.29) is 16.4 Å². The standard InChI is InChI=1S/C19H24N2O5S2/c1-14-12-18(26-3)19(13-15(14)2)28(24,25)20-16-6-8-17(9-7-16)21-10-4-5-11-27(21,22)23/h6-9,12-13,20H,4-5,10-11H2,1-3H3. The fourth-order valence-corrected chi connectivity index (χ4v) is 6.05. The first-order chi connectivity index (χ1) is 13.1. The van der Waals surface area contributed by atoms with Crippen LogP contribution in [0.1, 0.15) is 24.0 Å². The molecule has 0 spiro atoms. The number of nitrogens with one attached hydrogen (secondary N) is 1. The molecule has 9 heteroatoms. The van der Waals surface area contributed by atoms with E-state index in [0.29, 0.717) is 24.3 Å². The molecule has 1 N–H and O–H groups in total. The number of hydrogen-bond donors (Lipinski definition) is 1. The van der Waals surface area contributed by atoms with Crippen molar-refractivity contribution in [3.8, 4) is 5.75 Å². The topological polar surface area (TPSA) is 92.8 Å². The van der Waals surface area contributed by atoms with E-state index in [9.17, 15) is 16.8 Å². The summed E-state index contributed by atoms with van der Waals surface area (Å²) in [5.74, 6) is 0.403. The first kappa shape index (κ1) is 20.5. The normalized spacial score (nSPS) is 16.6. The van der Waals surface area contributed by atoms with Gasteiger partial charge in [-0.25, -0.2) is 16.8 Å². The number of anilines is 2. The summed E-state index contributed by atoms with van der Waals surface area (Å²) in [5, 5.41) is 0. The van der Waals surface area contributed by atoms with Crippen LogP contribution >= 0.6 is 0 Å². The summed E-state index contributed by atoms with van der Waals surface area (Å²) < 4.78 is 59.2. The highest BCUT2D eigenvalue weighted by Gasteiger charge is 2.26. The van der Waals surface area contributed by atoms with Gasteiger partial charge in [0.2, 0.25) is 10.0 Å². The summed E-state index contributed by atoms with van der Waals surface area (Å²) >= 11 is 0. The van der Waals surface area contributed by atoms with Crippen LogP contribution in [0.3, 0.4) is 0 Å². The van der Waals surface area contributed by atoms with Gasteiger partial charge in [-0.2, -0.15) is 0 Å². The third-order valence-corrected chi connectivity index (χ3v) is 8.10. The van der Waals surface area contributed by atoms with Gasteiger partial charge in [0.15, 0.2) is 0 Å². The lowest BCUT2D eigenvalue weighted by atomic mass is 10.1. The molecule has 1 aliphatic rings. The SMILES string of the molecule is COc1cc(C)c(C)cc1S(=O)(=O)Nc1ccc(N2CCCCS2(=O)=O)cc1. The van der Waals surface area contributed by atoms with Gasteiger partial charge in [-0.3, -0.25) is 9.03 Å². The number of hydrogen-bond acceptors (Lipinski definition) is 5. The summed E-state index contributed by atoms with van der Waals surface area (Å²) in [7, 11) is -5.74. The molecular formula is C19H24N2O5S2. The second-order valence-electron chi connectivity index (χ2n) is 6.83. The lowest BCUT2D eigenvalue weighted by molar-refractivity contribution is 0.402. The maximum Gasteiger partial charge on any atom is 0.265 e. The summed E-state index contributed by atoms with van der Waals surface area (Å²) in [6.45, 7) is 4.16. The highest BCUT2D eigenvalue weighted by Crippen LogP contribution is 2.30. The van der Waals surface area contributed by atoms with Crippen molar-refractivity contribution in [1.29, 1.82) is 0 Å². The van der Waals surface area contributed by atoms with Crippen LogP contribution in [-0.4, -0.2) is 36.2 Å². The lowest BCUT2D eigenvalue weighted by Crippen LogP contribution is -2.37. The predicted molar refractivity (Wildman–Crippen MR) is 110 cm³/mol. The Labute approximate surface area is 166 Å². The van der Waals surface area contributed by atoms with Gasteiger partial charge in [-0.15, -0.1) is 0 Å². The molecule has 0 aromatic heterocycles. The highest BCUT2D eigenvalue weighted by atomic mass is 32.2. The number of rotatable bonds is 5. The van der Waals surface area contributed by atoms with E-state index in [2.05, 4.69) is 4.72 Å². The zero-order valence-corrected chi connectivity index (χ0v) is 17.7. The molecule has 3 rings (SSSR count). The van der Waals surface area contributed by atoms with Gasteiger partial charge in [-0.1, -0.05) is 0 Å². The van der Waals surface area contributed by atoms with Crippen molar-refractivity contribution in [2.45, 2.75) is 31.6 Å². The third-order valence-electron chi connectivity index (χ3n) is 4.83. The number of sulfonamides is 2. The first-order valence-electron chi connectivity index (χ1n) is 8.92. The highest BCUT2D eigenvalue weighted by molar-refractivity contribution is 7.93. The molecule has 0 amide bonds. The van der Waals surface area contributed by atoms with Gasteiger partial charge in [-0.05, 0) is 74.2 Å². The smallest absolute Gasteiger partial charge is 0.265 e. The molecular weight excluding hydrogens is 400 g/mol. The lowest BCUT2D eigenvalue weighted by Gasteiger charge is -2.28. The largest absolute Gasteiger partial charge is 0.495 e. The van der Waals surface area contributed by atoms with Crippen LogP contribution in [0.2, 0.25) is 0 Å². The van der Waals surface area contributed by atoms with Gasteiger partial charge in [0, 0.05) is 12.2 Å². The van der Waals surface area contributed by atoms with E-state index in [1.807, 2.05) is 13.8 Å². The number of methoxy groups -OCH3 is 1. The van der Waals surface area contributed by atoms with E-state index in [1.165, 1.54) is 11.4 Å². The Morgan fingerprint density at radius 1 is 1.04 bits per heavy atom. The van der Waals surface area contributed by atoms with Crippen molar-refractivity contribution in [1.82, 2.24) is 0 Å². The molecule has 2 aromatic carbocycles. The average Bonchev–Trinajstić information content (AvgIpc) is 2.64. The van der Waals surface area contributed by atoms with Crippen molar-refractivity contribution in [3.05, 3.63) is 47.5 Å². The minimum absolute atomic E-state index is 0.0563. The Kier molecular flexibility index (Phi) is 5.58. The fraction of sp³-hybridized carbons (Fsp3) is 0.368. The van der Waals surface area contributed by atoms with E-state index >= 15 is 0 Å². The van der Waals surface area contributed by atoms with Crippen LogP contribution in [0.4, 0.5) is 11.4 Å². The van der Waals surface area contributed by atoms with Crippen LogP contribution in [-0.2, 0) is 20.0 Å². The molecule has 0 atom stereocenters. The molecule has 1 saturated heterocycles. The van der Waals surface area contributed by atoms with E-state index in [0.717, 1.165) is 17.5 Å². The van der Waals surface area contributed by atoms with Gasteiger partial charge in [0.1, 0.15) is 10.6 Å². The summed E-state index contributed by atoms with van der Waals surface area (Å²) in [5.41, 5.74) is 2.65. The van der Waals surface area contributed by atoms with Crippen LogP contribution < -0.4 is 13.8 Å². The zero-order chi connectivity index (χ0) is 20.5. The Balaban J connectivity index is 1.87. The minimum Gasteiger partial charge on any atom is -0.495 e. The predicted octanol–water partition coefficient (Wildman–Crippen LogP) is 3.04. The van der Waals surface area contributed by atoms with E-state index < -0.39 is 20.0 Å². The van der Waals surface area contributed by atoms with Crippen LogP contribution in [0.5, 0.6) is 5.75 Å². The Morgan fingerprint density at radius 2 is 1.68 bits per heavy atom. The van der Waals surface area contributed by atoms with Crippen molar-refractivity contribution in [2.75, 3.05) is 28.4 Å². The molecule has 0 aliphatic carbocycles. The Hall–Kier alpha value is -2.26. The maximum absolute atomic E-state index is 12.8. The Morgan fingerprint density at radius 3 is 2.29 bits per heavy atom. The molecule has 0 unspecified atom stereocenters. The second kappa shape index (κ2) is 7.63. The van der Waals surface area contributed by atoms with Crippen molar-refractivity contribution < 1.29 is 21.6 Å². The number of benzene rings is 2. The van der Waals surface area contributed by atoms with Gasteiger partial charge >= 0.3 is 0 Å². The molecule has 1 fully saturated rings. The van der Waals surface area contributed by atoms with Gasteiger partial charge in [0.05, 0.1) is 18.6 Å². The third kappa shape index (κ3) is 4.10. The molecule has 7 nitrogen and oxygen atoms in total. The minimum atomic E-state index is -3.86. The molecule has 1 aliphatic heterocycles. The van der Waals surface area contributed by atoms with Crippen LogP contribution in [0.25, 0.3) is 0 Å². The van der Waals surface area contributed by atoms with Crippen molar-refractivity contribution in [3.63, 3.8) is 0 Å². The zero-order valence-electron chi connectivity index (χ0n) is 16.1. The first-order valence-corrected chi connectivity index (χ1v) is 12.0. The second-order valence-corrected chi connectivity index (χ2v) is 10.5. The molecule has 0 radical (unpaired) electrons. The van der Waals surface area contributed by atoms with Gasteiger partial charge < -0.3 is 4.74 Å². The van der Waals surface area contributed by atoms with E-state index in [1.54, 1.807) is 36.4 Å². The summed E-state index contributed by atoms with van der Waals surface area (Å²) in [6.07, 6.45) is 1.47. The van der Waals surface area contributed by atoms with Crippen molar-refractivity contribution in [2.24, 2.45) is 0 Å². The van der Waals surface area contributed by atoms with Gasteiger partial charge in [0.25, 0.3) is 10.0 Å². The van der Waals surface area contributed by atoms with E-state index in [4.69, 9.17) is 4.74 Å². The number of aryl methyl sites for hydroxylation is 2. The van der Waals surface area contributed by atoms with Crippen molar-refractivity contribution >= 4 is 31.4 Å². The molecule has 28 heavy (non-hydrogen) atoms. The van der Waals surface area contributed by atoms with Crippen LogP contribution in [0.15, 0.2) is 41.3 Å². The number of ether oxygens (including phenoxy) is 1. The molecule has 2 aromatic rings. The number of nitrogens with zero attached hydrogens (tertiary/aromatic N) is 1. The summed E-state index contributed by atoms with van der Waals surface area (Å²) in [4.78, 5) is 0.0563. The molecule has 0 saturated carbocycles. The quantitative estimate of drug-likeness (QED) is 0.796. The maximum atomic E-state index is 12.8. The average molecular weight is 425 g/mol. The monoisotopic (exact) mass is 424 g/mol. The molecule has 0 bridgehead atoms. The fourth-order valence-electron chi connectivity index (χ4n) is 3.12. The molecule has 1 heterocycles. The molecule has 152 valence electrons.